The predicted octanol–water partition coefficient (Wildman–Crippen LogP) is 0.815. The molecule has 1 heterocycles. The Kier molecular flexibility index (Phi) is 9.65. The molecule has 1 fully saturated rings. The Bertz CT molecular complexity index is 591. The van der Waals surface area contributed by atoms with Crippen LogP contribution in [0.15, 0.2) is 24.3 Å². The molecule has 0 amide bonds. The molecule has 1 aromatic rings. The number of carboxylic acids is 2. The summed E-state index contributed by atoms with van der Waals surface area (Å²) in [5, 5.41) is 28.9. The number of hydrogen-bond acceptors (Lipinski definition) is 7. The van der Waals surface area contributed by atoms with Crippen LogP contribution in [-0.2, 0) is 9.59 Å². The minimum atomic E-state index is -1.82. The highest BCUT2D eigenvalue weighted by atomic mass is 16.6. The number of carboxylic acid groups (broad SMARTS) is 2. The van der Waals surface area contributed by atoms with Crippen molar-refractivity contribution in [3.63, 3.8) is 0 Å². The van der Waals surface area contributed by atoms with Gasteiger partial charge in [-0.15, -0.1) is 0 Å². The number of para-hydroxylation sites is 2. The standard InChI is InChI=1S/C14H21N3O3.C2H2O4/c18-17(19)13-5-1-2-6-14(13)20-12-4-3-9-16-10-7-15-8-11-16;3-1(4)2(5)6/h1-2,5-6,15H,3-4,7-12H2;(H,3,4)(H,5,6). The molecule has 0 aromatic heterocycles. The molecule has 0 unspecified atom stereocenters. The summed E-state index contributed by atoms with van der Waals surface area (Å²) in [6.45, 7) is 5.92. The Hall–Kier alpha value is -2.72. The van der Waals surface area contributed by atoms with Crippen molar-refractivity contribution in [3.05, 3.63) is 34.4 Å². The highest BCUT2D eigenvalue weighted by Crippen LogP contribution is 2.25. The maximum atomic E-state index is 10.8. The third-order valence-electron chi connectivity index (χ3n) is 3.58. The van der Waals surface area contributed by atoms with Crippen LogP contribution in [0.1, 0.15) is 12.8 Å². The number of nitrogens with one attached hydrogen (secondary N) is 1. The number of aliphatic carboxylic acids is 2. The van der Waals surface area contributed by atoms with Gasteiger partial charge in [0.05, 0.1) is 11.5 Å². The van der Waals surface area contributed by atoms with Crippen LogP contribution >= 0.6 is 0 Å². The summed E-state index contributed by atoms with van der Waals surface area (Å²) < 4.78 is 5.52. The lowest BCUT2D eigenvalue weighted by atomic mass is 10.2. The van der Waals surface area contributed by atoms with E-state index in [0.29, 0.717) is 12.4 Å². The average Bonchev–Trinajstić information content (AvgIpc) is 2.63. The third kappa shape index (κ3) is 8.40. The largest absolute Gasteiger partial charge is 0.487 e. The first kappa shape index (κ1) is 21.3. The Labute approximate surface area is 150 Å². The number of piperazine rings is 1. The van der Waals surface area contributed by atoms with Gasteiger partial charge in [0, 0.05) is 32.2 Å². The van der Waals surface area contributed by atoms with Gasteiger partial charge in [0.2, 0.25) is 0 Å². The number of nitro groups is 1. The van der Waals surface area contributed by atoms with Crippen molar-refractivity contribution >= 4 is 17.6 Å². The lowest BCUT2D eigenvalue weighted by molar-refractivity contribution is -0.385. The lowest BCUT2D eigenvalue weighted by Crippen LogP contribution is -2.43. The number of carbonyl (C=O) groups is 2. The van der Waals surface area contributed by atoms with Crippen molar-refractivity contribution < 1.29 is 29.5 Å². The molecule has 10 nitrogen and oxygen atoms in total. The fraction of sp³-hybridized carbons (Fsp3) is 0.500. The smallest absolute Gasteiger partial charge is 0.414 e. The summed E-state index contributed by atoms with van der Waals surface area (Å²) in [7, 11) is 0. The number of nitrogens with zero attached hydrogens (tertiary/aromatic N) is 2. The molecule has 1 aliphatic heterocycles. The van der Waals surface area contributed by atoms with Crippen molar-refractivity contribution in [2.75, 3.05) is 39.3 Å². The Balaban J connectivity index is 0.000000487. The Morgan fingerprint density at radius 1 is 1.15 bits per heavy atom. The molecule has 0 radical (unpaired) electrons. The van der Waals surface area contributed by atoms with E-state index in [2.05, 4.69) is 10.2 Å². The average molecular weight is 369 g/mol. The van der Waals surface area contributed by atoms with E-state index in [0.717, 1.165) is 45.6 Å². The molecule has 0 bridgehead atoms. The highest BCUT2D eigenvalue weighted by molar-refractivity contribution is 6.27. The molecule has 0 spiro atoms. The molecular weight excluding hydrogens is 346 g/mol. The van der Waals surface area contributed by atoms with Gasteiger partial charge in [-0.25, -0.2) is 9.59 Å². The molecule has 1 aliphatic rings. The maximum Gasteiger partial charge on any atom is 0.414 e. The molecule has 0 saturated carbocycles. The number of rotatable bonds is 7. The molecule has 10 heteroatoms. The molecule has 144 valence electrons. The van der Waals surface area contributed by atoms with E-state index in [-0.39, 0.29) is 5.69 Å². The van der Waals surface area contributed by atoms with Crippen LogP contribution in [-0.4, -0.2) is 71.3 Å². The number of unbranched alkanes of at least 4 members (excludes halogenated alkanes) is 1. The van der Waals surface area contributed by atoms with E-state index in [1.807, 2.05) is 0 Å². The fourth-order valence-electron chi connectivity index (χ4n) is 2.28. The molecule has 0 aliphatic carbocycles. The topological polar surface area (TPSA) is 142 Å². The number of benzene rings is 1. The van der Waals surface area contributed by atoms with Gasteiger partial charge in [-0.05, 0) is 25.5 Å². The predicted molar refractivity (Wildman–Crippen MR) is 92.4 cm³/mol. The summed E-state index contributed by atoms with van der Waals surface area (Å²) in [6, 6.07) is 6.52. The van der Waals surface area contributed by atoms with E-state index >= 15 is 0 Å². The zero-order chi connectivity index (χ0) is 19.4. The van der Waals surface area contributed by atoms with Crippen LogP contribution in [0.4, 0.5) is 5.69 Å². The van der Waals surface area contributed by atoms with Gasteiger partial charge < -0.3 is 25.2 Å². The fourth-order valence-corrected chi connectivity index (χ4v) is 2.28. The maximum absolute atomic E-state index is 10.8. The van der Waals surface area contributed by atoms with Crippen LogP contribution in [0, 0.1) is 10.1 Å². The van der Waals surface area contributed by atoms with Gasteiger partial charge in [-0.2, -0.15) is 0 Å². The van der Waals surface area contributed by atoms with Gasteiger partial charge in [-0.1, -0.05) is 12.1 Å². The van der Waals surface area contributed by atoms with Crippen molar-refractivity contribution in [1.29, 1.82) is 0 Å². The van der Waals surface area contributed by atoms with E-state index in [1.165, 1.54) is 6.07 Å². The molecule has 0 atom stereocenters. The molecule has 26 heavy (non-hydrogen) atoms. The van der Waals surface area contributed by atoms with Crippen LogP contribution in [0.2, 0.25) is 0 Å². The molecule has 1 aromatic carbocycles. The first-order valence-corrected chi connectivity index (χ1v) is 8.17. The van der Waals surface area contributed by atoms with E-state index in [4.69, 9.17) is 24.5 Å². The summed E-state index contributed by atoms with van der Waals surface area (Å²) in [6.07, 6.45) is 1.97. The van der Waals surface area contributed by atoms with Crippen molar-refractivity contribution in [2.24, 2.45) is 0 Å². The summed E-state index contributed by atoms with van der Waals surface area (Å²) >= 11 is 0. The van der Waals surface area contributed by atoms with Gasteiger partial charge in [-0.3, -0.25) is 10.1 Å². The minimum Gasteiger partial charge on any atom is -0.487 e. The van der Waals surface area contributed by atoms with Crippen LogP contribution in [0.25, 0.3) is 0 Å². The number of nitro benzene ring substituents is 1. The zero-order valence-electron chi connectivity index (χ0n) is 14.3. The Morgan fingerprint density at radius 3 is 2.35 bits per heavy atom. The second-order valence-corrected chi connectivity index (χ2v) is 5.48. The van der Waals surface area contributed by atoms with Gasteiger partial charge in [0.15, 0.2) is 5.75 Å². The van der Waals surface area contributed by atoms with Crippen molar-refractivity contribution in [2.45, 2.75) is 12.8 Å². The number of hydrogen-bond donors (Lipinski definition) is 3. The molecular formula is C16H23N3O7. The van der Waals surface area contributed by atoms with Crippen molar-refractivity contribution in [3.8, 4) is 5.75 Å². The van der Waals surface area contributed by atoms with Crippen LogP contribution in [0.3, 0.4) is 0 Å². The van der Waals surface area contributed by atoms with E-state index in [9.17, 15) is 10.1 Å². The SMILES string of the molecule is O=C(O)C(=O)O.O=[N+]([O-])c1ccccc1OCCCCN1CCNCC1. The van der Waals surface area contributed by atoms with Crippen molar-refractivity contribution in [1.82, 2.24) is 10.2 Å². The van der Waals surface area contributed by atoms with E-state index in [1.54, 1.807) is 18.2 Å². The lowest BCUT2D eigenvalue weighted by Gasteiger charge is -2.26. The van der Waals surface area contributed by atoms with Gasteiger partial charge in [0.1, 0.15) is 0 Å². The zero-order valence-corrected chi connectivity index (χ0v) is 14.3. The highest BCUT2D eigenvalue weighted by Gasteiger charge is 2.13. The van der Waals surface area contributed by atoms with E-state index < -0.39 is 16.9 Å². The second kappa shape index (κ2) is 11.8. The van der Waals surface area contributed by atoms with Gasteiger partial charge in [0.25, 0.3) is 0 Å². The van der Waals surface area contributed by atoms with Gasteiger partial charge >= 0.3 is 17.6 Å². The minimum absolute atomic E-state index is 0.0367. The third-order valence-corrected chi connectivity index (χ3v) is 3.58. The summed E-state index contributed by atoms with van der Waals surface area (Å²) in [5.41, 5.74) is 0.0367. The second-order valence-electron chi connectivity index (χ2n) is 5.48. The normalized spacial score (nSPS) is 14.0. The first-order valence-electron chi connectivity index (χ1n) is 8.17. The summed E-state index contributed by atoms with van der Waals surface area (Å²) in [4.78, 5) is 31.1. The first-order chi connectivity index (χ1) is 12.4. The molecule has 1 saturated heterocycles. The summed E-state index contributed by atoms with van der Waals surface area (Å²) in [5.74, 6) is -3.29. The van der Waals surface area contributed by atoms with Crippen LogP contribution < -0.4 is 10.1 Å². The number of ether oxygens (including phenoxy) is 1. The molecule has 3 N–H and O–H groups in total. The Morgan fingerprint density at radius 2 is 1.77 bits per heavy atom. The molecule has 2 rings (SSSR count). The monoisotopic (exact) mass is 369 g/mol. The quantitative estimate of drug-likeness (QED) is 0.275. The van der Waals surface area contributed by atoms with Crippen LogP contribution in [0.5, 0.6) is 5.75 Å².